The van der Waals surface area contributed by atoms with Crippen LogP contribution in [0.3, 0.4) is 0 Å². The highest BCUT2D eigenvalue weighted by Crippen LogP contribution is 2.31. The molecule has 2 aromatic carbocycles. The van der Waals surface area contributed by atoms with Crippen LogP contribution in [0.25, 0.3) is 0 Å². The molecule has 0 aromatic heterocycles. The van der Waals surface area contributed by atoms with E-state index in [-0.39, 0.29) is 5.91 Å². The molecule has 4 nitrogen and oxygen atoms in total. The average Bonchev–Trinajstić information content (AvgIpc) is 2.56. The van der Waals surface area contributed by atoms with Crippen LogP contribution in [0.1, 0.15) is 27.0 Å². The number of benzene rings is 2. The molecule has 2 rings (SSSR count). The molecule has 0 fully saturated rings. The van der Waals surface area contributed by atoms with Gasteiger partial charge in [0.05, 0.1) is 19.9 Å². The van der Waals surface area contributed by atoms with Crippen molar-refractivity contribution in [2.24, 2.45) is 0 Å². The van der Waals surface area contributed by atoms with Crippen molar-refractivity contribution >= 4 is 27.5 Å². The lowest BCUT2D eigenvalue weighted by Crippen LogP contribution is -2.15. The first-order chi connectivity index (χ1) is 10.9. The number of carbonyl (C=O) groups excluding carboxylic acids is 1. The van der Waals surface area contributed by atoms with Gasteiger partial charge in [0.2, 0.25) is 0 Å². The van der Waals surface area contributed by atoms with Crippen molar-refractivity contribution < 1.29 is 14.3 Å². The smallest absolute Gasteiger partial charge is 0.256 e. The number of halogens is 1. The number of rotatable bonds is 4. The lowest BCUT2D eigenvalue weighted by Gasteiger charge is -2.15. The Kier molecular flexibility index (Phi) is 5.31. The Morgan fingerprint density at radius 1 is 1.00 bits per heavy atom. The normalized spacial score (nSPS) is 10.3. The van der Waals surface area contributed by atoms with Gasteiger partial charge in [-0.15, -0.1) is 0 Å². The third-order valence-electron chi connectivity index (χ3n) is 4.06. The highest BCUT2D eigenvalue weighted by molar-refractivity contribution is 9.10. The molecule has 1 amide bonds. The van der Waals surface area contributed by atoms with Crippen molar-refractivity contribution in [3.63, 3.8) is 0 Å². The Morgan fingerprint density at radius 3 is 2.30 bits per heavy atom. The molecule has 0 radical (unpaired) electrons. The van der Waals surface area contributed by atoms with Gasteiger partial charge in [-0.3, -0.25) is 4.79 Å². The zero-order chi connectivity index (χ0) is 17.1. The predicted molar refractivity (Wildman–Crippen MR) is 95.9 cm³/mol. The summed E-state index contributed by atoms with van der Waals surface area (Å²) in [6.45, 7) is 6.00. The Morgan fingerprint density at radius 2 is 1.70 bits per heavy atom. The molecular formula is C18H20BrNO3. The second-order valence-electron chi connectivity index (χ2n) is 5.30. The number of hydrogen-bond acceptors (Lipinski definition) is 3. The summed E-state index contributed by atoms with van der Waals surface area (Å²) in [6.07, 6.45) is 0. The van der Waals surface area contributed by atoms with Crippen molar-refractivity contribution in [3.8, 4) is 11.5 Å². The van der Waals surface area contributed by atoms with Gasteiger partial charge in [-0.1, -0.05) is 15.9 Å². The van der Waals surface area contributed by atoms with Gasteiger partial charge in [0, 0.05) is 16.1 Å². The van der Waals surface area contributed by atoms with Crippen LogP contribution >= 0.6 is 15.9 Å². The molecule has 23 heavy (non-hydrogen) atoms. The molecular weight excluding hydrogens is 358 g/mol. The predicted octanol–water partition coefficient (Wildman–Crippen LogP) is 4.64. The van der Waals surface area contributed by atoms with E-state index in [1.807, 2.05) is 26.8 Å². The van der Waals surface area contributed by atoms with E-state index in [0.29, 0.717) is 22.7 Å². The van der Waals surface area contributed by atoms with Crippen LogP contribution in [-0.2, 0) is 0 Å². The van der Waals surface area contributed by atoms with E-state index >= 15 is 0 Å². The fraction of sp³-hybridized carbons (Fsp3) is 0.278. The van der Waals surface area contributed by atoms with E-state index in [1.165, 1.54) is 0 Å². The Labute approximate surface area is 144 Å². The van der Waals surface area contributed by atoms with Crippen molar-refractivity contribution in [1.82, 2.24) is 0 Å². The second kappa shape index (κ2) is 7.04. The SMILES string of the molecule is COc1ccc(NC(=O)c2cc(Br)c(C)c(C)c2C)c(OC)c1. The van der Waals surface area contributed by atoms with Crippen molar-refractivity contribution in [3.05, 3.63) is 51.0 Å². The van der Waals surface area contributed by atoms with Crippen molar-refractivity contribution in [2.45, 2.75) is 20.8 Å². The molecule has 0 heterocycles. The molecule has 0 aliphatic carbocycles. The van der Waals surface area contributed by atoms with Gasteiger partial charge in [0.25, 0.3) is 5.91 Å². The molecule has 0 unspecified atom stereocenters. The molecule has 0 aliphatic rings. The Bertz CT molecular complexity index is 756. The fourth-order valence-electron chi connectivity index (χ4n) is 2.33. The zero-order valence-corrected chi connectivity index (χ0v) is 15.5. The van der Waals surface area contributed by atoms with Crippen LogP contribution in [0.4, 0.5) is 5.69 Å². The summed E-state index contributed by atoms with van der Waals surface area (Å²) in [7, 11) is 3.14. The molecule has 0 saturated heterocycles. The first-order valence-corrected chi connectivity index (χ1v) is 7.98. The maximum absolute atomic E-state index is 12.7. The van der Waals surface area contributed by atoms with Crippen molar-refractivity contribution in [1.29, 1.82) is 0 Å². The van der Waals surface area contributed by atoms with Crippen LogP contribution in [0, 0.1) is 20.8 Å². The highest BCUT2D eigenvalue weighted by Gasteiger charge is 2.16. The molecule has 0 saturated carbocycles. The van der Waals surface area contributed by atoms with E-state index in [9.17, 15) is 4.79 Å². The number of carbonyl (C=O) groups is 1. The Hall–Kier alpha value is -2.01. The van der Waals surface area contributed by atoms with E-state index in [1.54, 1.807) is 32.4 Å². The van der Waals surface area contributed by atoms with Crippen LogP contribution in [0.2, 0.25) is 0 Å². The summed E-state index contributed by atoms with van der Waals surface area (Å²) in [6, 6.07) is 7.13. The monoisotopic (exact) mass is 377 g/mol. The maximum atomic E-state index is 12.7. The van der Waals surface area contributed by atoms with Gasteiger partial charge >= 0.3 is 0 Å². The summed E-state index contributed by atoms with van der Waals surface area (Å²) < 4.78 is 11.4. The second-order valence-corrected chi connectivity index (χ2v) is 6.16. The molecule has 0 spiro atoms. The van der Waals surface area contributed by atoms with Crippen LogP contribution < -0.4 is 14.8 Å². The third kappa shape index (κ3) is 3.50. The van der Waals surface area contributed by atoms with Gasteiger partial charge in [0.1, 0.15) is 11.5 Å². The van der Waals surface area contributed by atoms with Gasteiger partial charge < -0.3 is 14.8 Å². The summed E-state index contributed by atoms with van der Waals surface area (Å²) >= 11 is 3.51. The highest BCUT2D eigenvalue weighted by atomic mass is 79.9. The number of amides is 1. The average molecular weight is 378 g/mol. The quantitative estimate of drug-likeness (QED) is 0.843. The van der Waals surface area contributed by atoms with Gasteiger partial charge in [-0.05, 0) is 55.7 Å². The molecule has 122 valence electrons. The largest absolute Gasteiger partial charge is 0.497 e. The third-order valence-corrected chi connectivity index (χ3v) is 4.88. The maximum Gasteiger partial charge on any atom is 0.256 e. The van der Waals surface area contributed by atoms with Crippen LogP contribution in [-0.4, -0.2) is 20.1 Å². The molecule has 0 aliphatic heterocycles. The number of anilines is 1. The fourth-order valence-corrected chi connectivity index (χ4v) is 2.86. The summed E-state index contributed by atoms with van der Waals surface area (Å²) in [5.41, 5.74) is 4.45. The van der Waals surface area contributed by atoms with Gasteiger partial charge in [0.15, 0.2) is 0 Å². The van der Waals surface area contributed by atoms with Crippen LogP contribution in [0.15, 0.2) is 28.7 Å². The molecule has 0 bridgehead atoms. The topological polar surface area (TPSA) is 47.6 Å². The zero-order valence-electron chi connectivity index (χ0n) is 13.9. The minimum atomic E-state index is -0.172. The summed E-state index contributed by atoms with van der Waals surface area (Å²) in [4.78, 5) is 12.7. The number of nitrogens with one attached hydrogen (secondary N) is 1. The minimum absolute atomic E-state index is 0.172. The van der Waals surface area contributed by atoms with Gasteiger partial charge in [-0.25, -0.2) is 0 Å². The van der Waals surface area contributed by atoms with E-state index in [2.05, 4.69) is 21.2 Å². The molecule has 1 N–H and O–H groups in total. The Balaban J connectivity index is 2.37. The standard InChI is InChI=1S/C18H20BrNO3/c1-10-11(2)14(9-15(19)12(10)3)18(21)20-16-7-6-13(22-4)8-17(16)23-5/h6-9H,1-5H3,(H,20,21). The van der Waals surface area contributed by atoms with E-state index in [4.69, 9.17) is 9.47 Å². The molecule has 5 heteroatoms. The molecule has 0 atom stereocenters. The first-order valence-electron chi connectivity index (χ1n) is 7.18. The van der Waals surface area contributed by atoms with E-state index < -0.39 is 0 Å². The first kappa shape index (κ1) is 17.3. The van der Waals surface area contributed by atoms with E-state index in [0.717, 1.165) is 21.2 Å². The lowest BCUT2D eigenvalue weighted by atomic mass is 9.98. The minimum Gasteiger partial charge on any atom is -0.497 e. The number of ether oxygens (including phenoxy) is 2. The summed E-state index contributed by atoms with van der Waals surface area (Å²) in [5.74, 6) is 1.05. The molecule has 2 aromatic rings. The number of hydrogen-bond donors (Lipinski definition) is 1. The van der Waals surface area contributed by atoms with Gasteiger partial charge in [-0.2, -0.15) is 0 Å². The number of methoxy groups -OCH3 is 2. The lowest BCUT2D eigenvalue weighted by molar-refractivity contribution is 0.102. The summed E-state index contributed by atoms with van der Waals surface area (Å²) in [5, 5.41) is 2.90. The van der Waals surface area contributed by atoms with Crippen LogP contribution in [0.5, 0.6) is 11.5 Å². The van der Waals surface area contributed by atoms with Crippen molar-refractivity contribution in [2.75, 3.05) is 19.5 Å².